The highest BCUT2D eigenvalue weighted by Crippen LogP contribution is 2.06. The number of rotatable bonds is 6. The number of aryl methyl sites for hydroxylation is 2. The fourth-order valence-electron chi connectivity index (χ4n) is 2.50. The molecule has 0 spiro atoms. The van der Waals surface area contributed by atoms with Crippen molar-refractivity contribution >= 4 is 6.03 Å². The number of carbonyl (C=O) groups is 1. The SMILES string of the molecule is Cc1cc(C)c(CNC(=O)N(CC(C)C)CC(C)C)c(=O)[nH]1. The summed E-state index contributed by atoms with van der Waals surface area (Å²) in [6.45, 7) is 13.8. The van der Waals surface area contributed by atoms with Crippen LogP contribution in [0.2, 0.25) is 0 Å². The topological polar surface area (TPSA) is 65.2 Å². The Kier molecular flexibility index (Phi) is 6.65. The van der Waals surface area contributed by atoms with Crippen molar-refractivity contribution in [2.24, 2.45) is 11.8 Å². The minimum atomic E-state index is -0.128. The number of nitrogens with one attached hydrogen (secondary N) is 2. The summed E-state index contributed by atoms with van der Waals surface area (Å²) in [5.41, 5.74) is 2.23. The molecule has 1 rings (SSSR count). The first-order valence-electron chi connectivity index (χ1n) is 7.92. The van der Waals surface area contributed by atoms with Crippen LogP contribution in [0.15, 0.2) is 10.9 Å². The fraction of sp³-hybridized carbons (Fsp3) is 0.647. The molecule has 0 radical (unpaired) electrons. The lowest BCUT2D eigenvalue weighted by Gasteiger charge is -2.26. The third-order valence-electron chi connectivity index (χ3n) is 3.37. The zero-order valence-electron chi connectivity index (χ0n) is 14.6. The number of aromatic amines is 1. The van der Waals surface area contributed by atoms with Crippen molar-refractivity contribution in [1.82, 2.24) is 15.2 Å². The van der Waals surface area contributed by atoms with Crippen LogP contribution in [-0.4, -0.2) is 29.0 Å². The number of carbonyl (C=O) groups excluding carboxylic acids is 1. The van der Waals surface area contributed by atoms with E-state index in [0.29, 0.717) is 30.5 Å². The molecule has 0 aliphatic rings. The number of amides is 2. The van der Waals surface area contributed by atoms with E-state index in [9.17, 15) is 9.59 Å². The lowest BCUT2D eigenvalue weighted by molar-refractivity contribution is 0.183. The predicted octanol–water partition coefficient (Wildman–Crippen LogP) is 2.82. The van der Waals surface area contributed by atoms with Crippen molar-refractivity contribution in [3.63, 3.8) is 0 Å². The molecule has 0 unspecified atom stereocenters. The molecule has 1 aromatic heterocycles. The van der Waals surface area contributed by atoms with Crippen LogP contribution in [0.1, 0.15) is 44.5 Å². The Labute approximate surface area is 133 Å². The number of hydrogen-bond donors (Lipinski definition) is 2. The van der Waals surface area contributed by atoms with E-state index in [1.807, 2.05) is 24.8 Å². The zero-order chi connectivity index (χ0) is 16.9. The van der Waals surface area contributed by atoms with Gasteiger partial charge in [0, 0.05) is 24.3 Å². The third kappa shape index (κ3) is 5.54. The predicted molar refractivity (Wildman–Crippen MR) is 90.0 cm³/mol. The van der Waals surface area contributed by atoms with Crippen LogP contribution in [0.3, 0.4) is 0 Å². The Morgan fingerprint density at radius 3 is 2.18 bits per heavy atom. The highest BCUT2D eigenvalue weighted by molar-refractivity contribution is 5.74. The summed E-state index contributed by atoms with van der Waals surface area (Å²) in [6.07, 6.45) is 0. The standard InChI is InChI=1S/C17H29N3O2/c1-11(2)9-20(10-12(3)4)17(22)18-8-15-13(5)7-14(6)19-16(15)21/h7,11-12H,8-10H2,1-6H3,(H,18,22)(H,19,21). The molecule has 0 fully saturated rings. The fourth-order valence-corrected chi connectivity index (χ4v) is 2.50. The second-order valence-corrected chi connectivity index (χ2v) is 6.79. The highest BCUT2D eigenvalue weighted by Gasteiger charge is 2.16. The average Bonchev–Trinajstić information content (AvgIpc) is 2.35. The summed E-state index contributed by atoms with van der Waals surface area (Å²) in [5.74, 6) is 0.822. The van der Waals surface area contributed by atoms with Gasteiger partial charge in [0.05, 0.1) is 6.54 Å². The van der Waals surface area contributed by atoms with E-state index in [1.54, 1.807) is 0 Å². The number of hydrogen-bond acceptors (Lipinski definition) is 2. The van der Waals surface area contributed by atoms with Gasteiger partial charge in [-0.1, -0.05) is 27.7 Å². The van der Waals surface area contributed by atoms with Crippen LogP contribution in [0.5, 0.6) is 0 Å². The third-order valence-corrected chi connectivity index (χ3v) is 3.37. The van der Waals surface area contributed by atoms with Gasteiger partial charge < -0.3 is 15.2 Å². The van der Waals surface area contributed by atoms with Gasteiger partial charge in [0.2, 0.25) is 0 Å². The van der Waals surface area contributed by atoms with E-state index in [0.717, 1.165) is 11.3 Å². The van der Waals surface area contributed by atoms with Crippen LogP contribution < -0.4 is 10.9 Å². The van der Waals surface area contributed by atoms with Crippen molar-refractivity contribution in [2.45, 2.75) is 48.1 Å². The van der Waals surface area contributed by atoms with Crippen LogP contribution >= 0.6 is 0 Å². The van der Waals surface area contributed by atoms with Crippen molar-refractivity contribution < 1.29 is 4.79 Å². The summed E-state index contributed by atoms with van der Waals surface area (Å²) in [7, 11) is 0. The molecule has 0 aliphatic heterocycles. The van der Waals surface area contributed by atoms with E-state index in [1.165, 1.54) is 0 Å². The van der Waals surface area contributed by atoms with E-state index in [2.05, 4.69) is 38.0 Å². The Balaban J connectivity index is 2.76. The molecule has 0 saturated heterocycles. The summed E-state index contributed by atoms with van der Waals surface area (Å²) >= 11 is 0. The molecular formula is C17H29N3O2. The summed E-state index contributed by atoms with van der Waals surface area (Å²) < 4.78 is 0. The van der Waals surface area contributed by atoms with Gasteiger partial charge in [-0.2, -0.15) is 0 Å². The maximum atomic E-state index is 12.4. The van der Waals surface area contributed by atoms with E-state index < -0.39 is 0 Å². The number of nitrogens with zero attached hydrogens (tertiary/aromatic N) is 1. The Bertz CT molecular complexity index is 552. The van der Waals surface area contributed by atoms with Gasteiger partial charge in [0.15, 0.2) is 0 Å². The molecule has 0 saturated carbocycles. The molecule has 0 atom stereocenters. The average molecular weight is 307 g/mol. The van der Waals surface area contributed by atoms with Crippen molar-refractivity contribution in [3.05, 3.63) is 33.2 Å². The second kappa shape index (κ2) is 8.01. The minimum Gasteiger partial charge on any atom is -0.334 e. The van der Waals surface area contributed by atoms with Gasteiger partial charge in [0.1, 0.15) is 0 Å². The highest BCUT2D eigenvalue weighted by atomic mass is 16.2. The first kappa shape index (κ1) is 18.3. The first-order chi connectivity index (χ1) is 10.2. The molecule has 0 aliphatic carbocycles. The van der Waals surface area contributed by atoms with Crippen LogP contribution in [0.4, 0.5) is 4.79 Å². The van der Waals surface area contributed by atoms with Gasteiger partial charge in [-0.25, -0.2) is 4.79 Å². The van der Waals surface area contributed by atoms with Gasteiger partial charge in [0.25, 0.3) is 5.56 Å². The molecule has 1 heterocycles. The zero-order valence-corrected chi connectivity index (χ0v) is 14.6. The Morgan fingerprint density at radius 1 is 1.18 bits per heavy atom. The summed E-state index contributed by atoms with van der Waals surface area (Å²) in [5, 5.41) is 2.88. The lowest BCUT2D eigenvalue weighted by atomic mass is 10.1. The lowest BCUT2D eigenvalue weighted by Crippen LogP contribution is -2.44. The molecule has 5 nitrogen and oxygen atoms in total. The normalized spacial score (nSPS) is 11.1. The Morgan fingerprint density at radius 2 is 1.73 bits per heavy atom. The van der Waals surface area contributed by atoms with Gasteiger partial charge >= 0.3 is 6.03 Å². The number of urea groups is 1. The van der Waals surface area contributed by atoms with Gasteiger partial charge in [-0.15, -0.1) is 0 Å². The minimum absolute atomic E-state index is 0.109. The largest absolute Gasteiger partial charge is 0.334 e. The van der Waals surface area contributed by atoms with Gasteiger partial charge in [-0.05, 0) is 37.3 Å². The second-order valence-electron chi connectivity index (χ2n) is 6.79. The van der Waals surface area contributed by atoms with E-state index >= 15 is 0 Å². The molecule has 22 heavy (non-hydrogen) atoms. The maximum Gasteiger partial charge on any atom is 0.317 e. The van der Waals surface area contributed by atoms with Crippen molar-refractivity contribution in [3.8, 4) is 0 Å². The number of H-pyrrole nitrogens is 1. The molecule has 5 heteroatoms. The molecule has 0 aromatic carbocycles. The van der Waals surface area contributed by atoms with E-state index in [4.69, 9.17) is 0 Å². The maximum absolute atomic E-state index is 12.4. The molecule has 0 bridgehead atoms. The van der Waals surface area contributed by atoms with Crippen molar-refractivity contribution in [2.75, 3.05) is 13.1 Å². The van der Waals surface area contributed by atoms with Crippen LogP contribution in [-0.2, 0) is 6.54 Å². The smallest absolute Gasteiger partial charge is 0.317 e. The molecular weight excluding hydrogens is 278 g/mol. The monoisotopic (exact) mass is 307 g/mol. The van der Waals surface area contributed by atoms with E-state index in [-0.39, 0.29) is 18.1 Å². The van der Waals surface area contributed by atoms with Gasteiger partial charge in [-0.3, -0.25) is 4.79 Å². The number of pyridine rings is 1. The first-order valence-corrected chi connectivity index (χ1v) is 7.92. The summed E-state index contributed by atoms with van der Waals surface area (Å²) in [6, 6.07) is 1.81. The molecule has 124 valence electrons. The van der Waals surface area contributed by atoms with Crippen LogP contribution in [0, 0.1) is 25.7 Å². The molecule has 1 aromatic rings. The summed E-state index contributed by atoms with van der Waals surface area (Å²) in [4.78, 5) is 29.0. The quantitative estimate of drug-likeness (QED) is 0.848. The molecule has 2 amide bonds. The number of aromatic nitrogens is 1. The van der Waals surface area contributed by atoms with Crippen LogP contribution in [0.25, 0.3) is 0 Å². The Hall–Kier alpha value is -1.78. The van der Waals surface area contributed by atoms with Crippen molar-refractivity contribution in [1.29, 1.82) is 0 Å². The molecule has 2 N–H and O–H groups in total.